The smallest absolute Gasteiger partial charge is 0.123 e. The minimum atomic E-state index is -0.183. The van der Waals surface area contributed by atoms with Crippen LogP contribution in [0.1, 0.15) is 30.5 Å². The van der Waals surface area contributed by atoms with Crippen molar-refractivity contribution in [3.8, 4) is 0 Å². The Labute approximate surface area is 102 Å². The van der Waals surface area contributed by atoms with Crippen LogP contribution >= 0.6 is 0 Å². The van der Waals surface area contributed by atoms with Crippen LogP contribution in [0.25, 0.3) is 0 Å². The van der Waals surface area contributed by atoms with Crippen molar-refractivity contribution in [3.63, 3.8) is 0 Å². The number of nitrogens with one attached hydrogen (secondary N) is 1. The molecule has 0 aliphatic heterocycles. The van der Waals surface area contributed by atoms with Gasteiger partial charge in [-0.15, -0.1) is 0 Å². The molecule has 94 valence electrons. The molecule has 2 rings (SSSR count). The summed E-state index contributed by atoms with van der Waals surface area (Å²) in [5, 5.41) is 3.49. The van der Waals surface area contributed by atoms with Gasteiger partial charge in [-0.05, 0) is 55.0 Å². The van der Waals surface area contributed by atoms with Gasteiger partial charge in [-0.1, -0.05) is 13.0 Å². The van der Waals surface area contributed by atoms with Crippen LogP contribution in [0.15, 0.2) is 18.2 Å². The molecule has 1 aromatic rings. The summed E-state index contributed by atoms with van der Waals surface area (Å²) in [6.07, 6.45) is 1.31. The van der Waals surface area contributed by atoms with E-state index in [0.717, 1.165) is 29.5 Å². The molecule has 0 amide bonds. The molecular formula is C14H21FN2. The zero-order chi connectivity index (χ0) is 12.4. The molecule has 0 spiro atoms. The van der Waals surface area contributed by atoms with E-state index in [4.69, 9.17) is 5.73 Å². The van der Waals surface area contributed by atoms with Crippen molar-refractivity contribution < 1.29 is 4.39 Å². The highest BCUT2D eigenvalue weighted by molar-refractivity contribution is 5.29. The molecule has 1 aliphatic rings. The molecule has 0 radical (unpaired) electrons. The summed E-state index contributed by atoms with van der Waals surface area (Å²) in [6.45, 7) is 5.77. The second kappa shape index (κ2) is 5.15. The fourth-order valence-electron chi connectivity index (χ4n) is 2.33. The maximum atomic E-state index is 13.0. The minimum Gasteiger partial charge on any atom is -0.329 e. The Morgan fingerprint density at radius 3 is 2.76 bits per heavy atom. The number of nitrogens with two attached hydrogens (primary N) is 1. The standard InChI is InChI=1S/C14H21FN2/c1-9-5-11(9)8-17-14(7-16)13-4-3-12(15)6-10(13)2/h3-4,6,9,11,14,17H,5,7-8,16H2,1-2H3. The van der Waals surface area contributed by atoms with E-state index in [0.29, 0.717) is 6.54 Å². The Balaban J connectivity index is 2.00. The highest BCUT2D eigenvalue weighted by Gasteiger charge is 2.32. The molecule has 0 aromatic heterocycles. The molecule has 3 N–H and O–H groups in total. The summed E-state index contributed by atoms with van der Waals surface area (Å²) in [5.74, 6) is 1.46. The molecule has 1 fully saturated rings. The third-order valence-electron chi connectivity index (χ3n) is 3.75. The first-order chi connectivity index (χ1) is 8.11. The monoisotopic (exact) mass is 236 g/mol. The average Bonchev–Trinajstić information content (AvgIpc) is 2.98. The predicted molar refractivity (Wildman–Crippen MR) is 68.2 cm³/mol. The minimum absolute atomic E-state index is 0.142. The molecule has 3 atom stereocenters. The maximum Gasteiger partial charge on any atom is 0.123 e. The van der Waals surface area contributed by atoms with Crippen LogP contribution in [-0.2, 0) is 0 Å². The maximum absolute atomic E-state index is 13.0. The second-order valence-corrected chi connectivity index (χ2v) is 5.17. The van der Waals surface area contributed by atoms with Crippen LogP contribution in [0.4, 0.5) is 4.39 Å². The lowest BCUT2D eigenvalue weighted by atomic mass is 10.0. The van der Waals surface area contributed by atoms with E-state index in [1.165, 1.54) is 12.5 Å². The van der Waals surface area contributed by atoms with Gasteiger partial charge in [0.1, 0.15) is 5.82 Å². The zero-order valence-electron chi connectivity index (χ0n) is 10.5. The third kappa shape index (κ3) is 3.05. The van der Waals surface area contributed by atoms with E-state index in [2.05, 4.69) is 12.2 Å². The lowest BCUT2D eigenvalue weighted by Gasteiger charge is -2.19. The van der Waals surface area contributed by atoms with E-state index in [1.807, 2.05) is 13.0 Å². The first kappa shape index (κ1) is 12.5. The van der Waals surface area contributed by atoms with E-state index in [1.54, 1.807) is 6.07 Å². The molecule has 0 heterocycles. The first-order valence-corrected chi connectivity index (χ1v) is 6.31. The van der Waals surface area contributed by atoms with Gasteiger partial charge in [-0.25, -0.2) is 4.39 Å². The van der Waals surface area contributed by atoms with Crippen molar-refractivity contribution in [2.24, 2.45) is 17.6 Å². The van der Waals surface area contributed by atoms with Crippen LogP contribution < -0.4 is 11.1 Å². The molecule has 0 bridgehead atoms. The molecule has 0 saturated heterocycles. The van der Waals surface area contributed by atoms with Gasteiger partial charge in [0.2, 0.25) is 0 Å². The Bertz CT molecular complexity index is 392. The molecule has 17 heavy (non-hydrogen) atoms. The van der Waals surface area contributed by atoms with E-state index in [-0.39, 0.29) is 11.9 Å². The van der Waals surface area contributed by atoms with Gasteiger partial charge in [0.05, 0.1) is 0 Å². The Morgan fingerprint density at radius 2 is 2.24 bits per heavy atom. The molecule has 1 saturated carbocycles. The highest BCUT2D eigenvalue weighted by Crippen LogP contribution is 2.37. The van der Waals surface area contributed by atoms with Crippen LogP contribution in [0.5, 0.6) is 0 Å². The third-order valence-corrected chi connectivity index (χ3v) is 3.75. The van der Waals surface area contributed by atoms with Crippen molar-refractivity contribution in [2.75, 3.05) is 13.1 Å². The summed E-state index contributed by atoms with van der Waals surface area (Å²) >= 11 is 0. The van der Waals surface area contributed by atoms with Crippen LogP contribution in [-0.4, -0.2) is 13.1 Å². The first-order valence-electron chi connectivity index (χ1n) is 6.31. The van der Waals surface area contributed by atoms with Gasteiger partial charge in [0.25, 0.3) is 0 Å². The van der Waals surface area contributed by atoms with Crippen LogP contribution in [0.2, 0.25) is 0 Å². The summed E-state index contributed by atoms with van der Waals surface area (Å²) in [5.41, 5.74) is 7.88. The Kier molecular flexibility index (Phi) is 3.79. The van der Waals surface area contributed by atoms with Crippen molar-refractivity contribution in [1.29, 1.82) is 0 Å². The highest BCUT2D eigenvalue weighted by atomic mass is 19.1. The number of halogens is 1. The summed E-state index contributed by atoms with van der Waals surface area (Å²) in [6, 6.07) is 5.06. The lowest BCUT2D eigenvalue weighted by molar-refractivity contribution is 0.508. The summed E-state index contributed by atoms with van der Waals surface area (Å²) < 4.78 is 13.0. The molecule has 2 nitrogen and oxygen atoms in total. The Hall–Kier alpha value is -0.930. The van der Waals surface area contributed by atoms with Gasteiger partial charge in [-0.3, -0.25) is 0 Å². The zero-order valence-corrected chi connectivity index (χ0v) is 10.5. The van der Waals surface area contributed by atoms with E-state index >= 15 is 0 Å². The van der Waals surface area contributed by atoms with E-state index in [9.17, 15) is 4.39 Å². The number of hydrogen-bond acceptors (Lipinski definition) is 2. The van der Waals surface area contributed by atoms with Gasteiger partial charge in [0.15, 0.2) is 0 Å². The number of hydrogen-bond donors (Lipinski definition) is 2. The number of benzene rings is 1. The van der Waals surface area contributed by atoms with Gasteiger partial charge in [-0.2, -0.15) is 0 Å². The van der Waals surface area contributed by atoms with Gasteiger partial charge < -0.3 is 11.1 Å². The normalized spacial score (nSPS) is 24.7. The average molecular weight is 236 g/mol. The SMILES string of the molecule is Cc1cc(F)ccc1C(CN)NCC1CC1C. The number of aryl methyl sites for hydroxylation is 1. The van der Waals surface area contributed by atoms with Crippen LogP contribution in [0.3, 0.4) is 0 Å². The van der Waals surface area contributed by atoms with Crippen molar-refractivity contribution in [2.45, 2.75) is 26.3 Å². The number of rotatable bonds is 5. The molecule has 1 aliphatic carbocycles. The van der Waals surface area contributed by atoms with E-state index < -0.39 is 0 Å². The van der Waals surface area contributed by atoms with Crippen molar-refractivity contribution in [3.05, 3.63) is 35.1 Å². The van der Waals surface area contributed by atoms with Crippen molar-refractivity contribution in [1.82, 2.24) is 5.32 Å². The fourth-order valence-corrected chi connectivity index (χ4v) is 2.33. The van der Waals surface area contributed by atoms with Gasteiger partial charge in [0, 0.05) is 12.6 Å². The second-order valence-electron chi connectivity index (χ2n) is 5.17. The van der Waals surface area contributed by atoms with Crippen LogP contribution in [0, 0.1) is 24.6 Å². The molecule has 1 aromatic carbocycles. The molecule has 3 heteroatoms. The topological polar surface area (TPSA) is 38.0 Å². The quantitative estimate of drug-likeness (QED) is 0.823. The molecule has 3 unspecified atom stereocenters. The summed E-state index contributed by atoms with van der Waals surface area (Å²) in [7, 11) is 0. The predicted octanol–water partition coefficient (Wildman–Crippen LogP) is 2.38. The Morgan fingerprint density at radius 1 is 1.53 bits per heavy atom. The van der Waals surface area contributed by atoms with Crippen molar-refractivity contribution >= 4 is 0 Å². The fraction of sp³-hybridized carbons (Fsp3) is 0.571. The lowest BCUT2D eigenvalue weighted by Crippen LogP contribution is -2.30. The van der Waals surface area contributed by atoms with Gasteiger partial charge >= 0.3 is 0 Å². The largest absolute Gasteiger partial charge is 0.329 e. The summed E-state index contributed by atoms with van der Waals surface area (Å²) in [4.78, 5) is 0. The molecular weight excluding hydrogens is 215 g/mol.